The number of nitrogens with zero attached hydrogens (tertiary/aromatic N) is 5. The molecular formula is C16H20N6. The van der Waals surface area contributed by atoms with E-state index < -0.39 is 0 Å². The number of rotatable bonds is 6. The second kappa shape index (κ2) is 6.51. The highest BCUT2D eigenvalue weighted by Crippen LogP contribution is 2.17. The third-order valence-electron chi connectivity index (χ3n) is 3.69. The Labute approximate surface area is 129 Å². The summed E-state index contributed by atoms with van der Waals surface area (Å²) in [6, 6.07) is 10.8. The molecule has 0 aliphatic rings. The van der Waals surface area contributed by atoms with Crippen molar-refractivity contribution in [1.29, 1.82) is 0 Å². The molecule has 0 amide bonds. The van der Waals surface area contributed by atoms with Crippen LogP contribution >= 0.6 is 0 Å². The standard InChI is InChI=1S/C16H20N6/c1-3-22-16-14(20-21-22)15(17-11-18-16)19-12(2)9-10-13-7-5-4-6-8-13/h4-8,11-12H,3,9-10H2,1-2H3,(H,17,18,19). The molecule has 6 nitrogen and oxygen atoms in total. The van der Waals surface area contributed by atoms with E-state index in [1.165, 1.54) is 5.56 Å². The molecule has 1 N–H and O–H groups in total. The van der Waals surface area contributed by atoms with Gasteiger partial charge in [0.15, 0.2) is 17.0 Å². The van der Waals surface area contributed by atoms with E-state index in [0.717, 1.165) is 36.4 Å². The van der Waals surface area contributed by atoms with Crippen LogP contribution in [0.4, 0.5) is 5.82 Å². The second-order valence-corrected chi connectivity index (χ2v) is 5.37. The summed E-state index contributed by atoms with van der Waals surface area (Å²) >= 11 is 0. The van der Waals surface area contributed by atoms with Crippen LogP contribution in [0.1, 0.15) is 25.8 Å². The molecule has 2 heterocycles. The first kappa shape index (κ1) is 14.4. The molecule has 0 saturated carbocycles. The lowest BCUT2D eigenvalue weighted by Crippen LogP contribution is -2.17. The fourth-order valence-corrected chi connectivity index (χ4v) is 2.44. The summed E-state index contributed by atoms with van der Waals surface area (Å²) in [7, 11) is 0. The van der Waals surface area contributed by atoms with E-state index in [0.29, 0.717) is 6.04 Å². The highest BCUT2D eigenvalue weighted by atomic mass is 15.4. The Morgan fingerprint density at radius 2 is 2.00 bits per heavy atom. The molecule has 0 aliphatic heterocycles. The van der Waals surface area contributed by atoms with E-state index in [9.17, 15) is 0 Å². The lowest BCUT2D eigenvalue weighted by molar-refractivity contribution is 0.641. The molecule has 0 aliphatic carbocycles. The molecule has 0 radical (unpaired) electrons. The monoisotopic (exact) mass is 296 g/mol. The van der Waals surface area contributed by atoms with Crippen molar-refractivity contribution in [2.24, 2.45) is 0 Å². The lowest BCUT2D eigenvalue weighted by atomic mass is 10.1. The minimum Gasteiger partial charge on any atom is -0.366 e. The van der Waals surface area contributed by atoms with Gasteiger partial charge in [0, 0.05) is 12.6 Å². The van der Waals surface area contributed by atoms with Gasteiger partial charge in [0.05, 0.1) is 0 Å². The molecule has 114 valence electrons. The van der Waals surface area contributed by atoms with Crippen molar-refractivity contribution in [2.75, 3.05) is 5.32 Å². The molecule has 1 atom stereocenters. The Kier molecular flexibility index (Phi) is 4.27. The normalized spacial score (nSPS) is 12.5. The molecule has 0 bridgehead atoms. The van der Waals surface area contributed by atoms with Crippen LogP contribution in [0.25, 0.3) is 11.2 Å². The molecular weight excluding hydrogens is 276 g/mol. The first-order chi connectivity index (χ1) is 10.8. The quantitative estimate of drug-likeness (QED) is 0.757. The van der Waals surface area contributed by atoms with Crippen molar-refractivity contribution in [1.82, 2.24) is 25.0 Å². The zero-order valence-corrected chi connectivity index (χ0v) is 12.9. The van der Waals surface area contributed by atoms with Gasteiger partial charge in [-0.05, 0) is 32.3 Å². The Bertz CT molecular complexity index is 737. The minimum absolute atomic E-state index is 0.296. The van der Waals surface area contributed by atoms with Crippen molar-refractivity contribution in [3.05, 3.63) is 42.2 Å². The third kappa shape index (κ3) is 3.05. The smallest absolute Gasteiger partial charge is 0.183 e. The summed E-state index contributed by atoms with van der Waals surface area (Å²) in [6.45, 7) is 4.92. The lowest BCUT2D eigenvalue weighted by Gasteiger charge is -2.14. The molecule has 0 saturated heterocycles. The van der Waals surface area contributed by atoms with Crippen LogP contribution in [0.2, 0.25) is 0 Å². The Morgan fingerprint density at radius 3 is 2.77 bits per heavy atom. The highest BCUT2D eigenvalue weighted by molar-refractivity contribution is 5.81. The van der Waals surface area contributed by atoms with Gasteiger partial charge >= 0.3 is 0 Å². The van der Waals surface area contributed by atoms with Crippen LogP contribution in [0.15, 0.2) is 36.7 Å². The number of fused-ring (bicyclic) bond motifs is 1. The Hall–Kier alpha value is -2.50. The van der Waals surface area contributed by atoms with Gasteiger partial charge in [0.2, 0.25) is 0 Å². The van der Waals surface area contributed by atoms with Crippen LogP contribution in [-0.2, 0) is 13.0 Å². The van der Waals surface area contributed by atoms with Crippen molar-refractivity contribution in [2.45, 2.75) is 39.3 Å². The average molecular weight is 296 g/mol. The van der Waals surface area contributed by atoms with Gasteiger partial charge in [-0.2, -0.15) is 0 Å². The largest absolute Gasteiger partial charge is 0.366 e. The van der Waals surface area contributed by atoms with E-state index >= 15 is 0 Å². The van der Waals surface area contributed by atoms with Gasteiger partial charge in [0.1, 0.15) is 6.33 Å². The number of aryl methyl sites for hydroxylation is 2. The molecule has 3 rings (SSSR count). The topological polar surface area (TPSA) is 68.5 Å². The fraction of sp³-hybridized carbons (Fsp3) is 0.375. The summed E-state index contributed by atoms with van der Waals surface area (Å²) in [5.41, 5.74) is 2.85. The number of nitrogens with one attached hydrogen (secondary N) is 1. The number of anilines is 1. The molecule has 2 aromatic heterocycles. The Morgan fingerprint density at radius 1 is 1.18 bits per heavy atom. The van der Waals surface area contributed by atoms with Gasteiger partial charge in [-0.15, -0.1) is 5.10 Å². The van der Waals surface area contributed by atoms with Gasteiger partial charge in [-0.3, -0.25) is 0 Å². The van der Waals surface area contributed by atoms with Gasteiger partial charge < -0.3 is 5.32 Å². The maximum Gasteiger partial charge on any atom is 0.183 e. The molecule has 0 fully saturated rings. The second-order valence-electron chi connectivity index (χ2n) is 5.37. The first-order valence-electron chi connectivity index (χ1n) is 7.62. The average Bonchev–Trinajstić information content (AvgIpc) is 2.98. The van der Waals surface area contributed by atoms with E-state index in [4.69, 9.17) is 0 Å². The zero-order chi connectivity index (χ0) is 15.4. The van der Waals surface area contributed by atoms with Crippen LogP contribution in [0, 0.1) is 0 Å². The number of aromatic nitrogens is 5. The van der Waals surface area contributed by atoms with Crippen molar-refractivity contribution < 1.29 is 0 Å². The van der Waals surface area contributed by atoms with Gasteiger partial charge in [-0.25, -0.2) is 14.6 Å². The molecule has 3 aromatic rings. The summed E-state index contributed by atoms with van der Waals surface area (Å²) in [5.74, 6) is 0.755. The minimum atomic E-state index is 0.296. The Balaban J connectivity index is 1.69. The predicted octanol–water partition coefficient (Wildman–Crippen LogP) is 2.67. The summed E-state index contributed by atoms with van der Waals surface area (Å²) < 4.78 is 1.77. The van der Waals surface area contributed by atoms with E-state index in [1.807, 2.05) is 13.0 Å². The zero-order valence-electron chi connectivity index (χ0n) is 12.9. The van der Waals surface area contributed by atoms with Crippen molar-refractivity contribution >= 4 is 17.0 Å². The SMILES string of the molecule is CCn1nnc2c(NC(C)CCc3ccccc3)ncnc21. The summed E-state index contributed by atoms with van der Waals surface area (Å²) in [5, 5.41) is 11.7. The molecule has 22 heavy (non-hydrogen) atoms. The highest BCUT2D eigenvalue weighted by Gasteiger charge is 2.12. The molecule has 1 unspecified atom stereocenters. The van der Waals surface area contributed by atoms with E-state index in [1.54, 1.807) is 11.0 Å². The molecule has 1 aromatic carbocycles. The number of hydrogen-bond donors (Lipinski definition) is 1. The van der Waals surface area contributed by atoms with Gasteiger partial charge in [-0.1, -0.05) is 35.5 Å². The van der Waals surface area contributed by atoms with Crippen LogP contribution in [-0.4, -0.2) is 31.0 Å². The molecule has 6 heteroatoms. The van der Waals surface area contributed by atoms with Crippen LogP contribution in [0.5, 0.6) is 0 Å². The fourth-order valence-electron chi connectivity index (χ4n) is 2.44. The summed E-state index contributed by atoms with van der Waals surface area (Å²) in [6.07, 6.45) is 3.62. The first-order valence-corrected chi connectivity index (χ1v) is 7.62. The van der Waals surface area contributed by atoms with Crippen molar-refractivity contribution in [3.8, 4) is 0 Å². The number of benzene rings is 1. The predicted molar refractivity (Wildman–Crippen MR) is 86.6 cm³/mol. The van der Waals surface area contributed by atoms with Gasteiger partial charge in [0.25, 0.3) is 0 Å². The van der Waals surface area contributed by atoms with Crippen LogP contribution < -0.4 is 5.32 Å². The number of hydrogen-bond acceptors (Lipinski definition) is 5. The van der Waals surface area contributed by atoms with Crippen LogP contribution in [0.3, 0.4) is 0 Å². The van der Waals surface area contributed by atoms with Crippen molar-refractivity contribution in [3.63, 3.8) is 0 Å². The third-order valence-corrected chi connectivity index (χ3v) is 3.69. The maximum absolute atomic E-state index is 4.31. The van der Waals surface area contributed by atoms with E-state index in [-0.39, 0.29) is 0 Å². The van der Waals surface area contributed by atoms with E-state index in [2.05, 4.69) is 56.8 Å². The molecule has 0 spiro atoms. The summed E-state index contributed by atoms with van der Waals surface area (Å²) in [4.78, 5) is 8.57. The maximum atomic E-state index is 4.31.